The van der Waals surface area contributed by atoms with Crippen LogP contribution >= 0.6 is 0 Å². The Hall–Kier alpha value is -2.62. The predicted octanol–water partition coefficient (Wildman–Crippen LogP) is 2.63. The molecule has 3 N–H and O–H groups in total. The van der Waals surface area contributed by atoms with Crippen LogP contribution < -0.4 is 0 Å². The number of fused-ring (bicyclic) bond motifs is 3. The van der Waals surface area contributed by atoms with E-state index in [1.165, 1.54) is 6.92 Å². The van der Waals surface area contributed by atoms with Gasteiger partial charge in [-0.05, 0) is 37.3 Å². The molecule has 0 aliphatic heterocycles. The van der Waals surface area contributed by atoms with Crippen molar-refractivity contribution in [3.63, 3.8) is 0 Å². The monoisotopic (exact) mass is 544 g/mol. The Morgan fingerprint density at radius 2 is 1.69 bits per heavy atom. The van der Waals surface area contributed by atoms with Crippen molar-refractivity contribution in [2.24, 2.45) is 28.6 Å². The summed E-state index contributed by atoms with van der Waals surface area (Å²) in [5, 5.41) is 35.2. The number of aliphatic hydroxyl groups is 3. The first-order valence-corrected chi connectivity index (χ1v) is 13.7. The maximum absolute atomic E-state index is 14.2. The standard InChI is InChI=1S/C30H40O9/c1-7-29(39-17(3)31)20(33)13-14-28(6)23(29)25(38-26(36)18-11-9-8-10-12-18)30(37)15-19(32)16(2)21(27(30,4)5)22(34)24(28)35/h8-12,16,19-21,23,25,32-33,37H,7,13-15H2,1-6H3/t16?,19-,20+,21?,23-,25-,28+,29-,30+/m0/s1. The first kappa shape index (κ1) is 29.4. The molecule has 2 bridgehead atoms. The molecule has 39 heavy (non-hydrogen) atoms. The minimum absolute atomic E-state index is 0.0216. The molecule has 214 valence electrons. The number of carbonyl (C=O) groups is 4. The maximum Gasteiger partial charge on any atom is 0.338 e. The number of rotatable bonds is 4. The zero-order valence-electron chi connectivity index (χ0n) is 23.5. The molecule has 1 aromatic carbocycles. The third-order valence-corrected chi connectivity index (χ3v) is 10.2. The van der Waals surface area contributed by atoms with Gasteiger partial charge in [-0.25, -0.2) is 4.79 Å². The summed E-state index contributed by atoms with van der Waals surface area (Å²) in [6, 6.07) is 8.13. The van der Waals surface area contributed by atoms with Crippen LogP contribution in [0.5, 0.6) is 0 Å². The second-order valence-electron chi connectivity index (χ2n) is 12.5. The molecule has 9 heteroatoms. The zero-order valence-corrected chi connectivity index (χ0v) is 23.5. The van der Waals surface area contributed by atoms with Gasteiger partial charge in [-0.15, -0.1) is 0 Å². The van der Waals surface area contributed by atoms with Crippen LogP contribution in [0, 0.1) is 28.6 Å². The topological polar surface area (TPSA) is 147 Å². The van der Waals surface area contributed by atoms with E-state index >= 15 is 0 Å². The molecule has 0 amide bonds. The maximum atomic E-state index is 14.2. The summed E-state index contributed by atoms with van der Waals surface area (Å²) >= 11 is 0. The fraction of sp³-hybridized carbons (Fsp3) is 0.667. The van der Waals surface area contributed by atoms with Crippen LogP contribution in [0.2, 0.25) is 0 Å². The first-order valence-electron chi connectivity index (χ1n) is 13.7. The fourth-order valence-corrected chi connectivity index (χ4v) is 7.94. The number of benzene rings is 1. The summed E-state index contributed by atoms with van der Waals surface area (Å²) in [7, 11) is 0. The Balaban J connectivity index is 2.05. The zero-order chi connectivity index (χ0) is 29.1. The molecule has 0 radical (unpaired) electrons. The minimum Gasteiger partial charge on any atom is -0.456 e. The molecule has 0 heterocycles. The van der Waals surface area contributed by atoms with Crippen molar-refractivity contribution >= 4 is 23.5 Å². The van der Waals surface area contributed by atoms with Crippen molar-refractivity contribution in [2.75, 3.05) is 0 Å². The Kier molecular flexibility index (Phi) is 7.37. The molecule has 3 aliphatic carbocycles. The first-order chi connectivity index (χ1) is 18.1. The lowest BCUT2D eigenvalue weighted by atomic mass is 9.43. The summed E-state index contributed by atoms with van der Waals surface area (Å²) in [6.07, 6.45) is -4.11. The average molecular weight is 545 g/mol. The Morgan fingerprint density at radius 1 is 1.08 bits per heavy atom. The van der Waals surface area contributed by atoms with Crippen molar-refractivity contribution in [1.82, 2.24) is 0 Å². The number of hydrogen-bond donors (Lipinski definition) is 3. The van der Waals surface area contributed by atoms with Crippen molar-refractivity contribution in [2.45, 2.75) is 96.7 Å². The quantitative estimate of drug-likeness (QED) is 0.384. The minimum atomic E-state index is -2.03. The Labute approximate surface area is 228 Å². The highest BCUT2D eigenvalue weighted by molar-refractivity contribution is 6.40. The van der Waals surface area contributed by atoms with Gasteiger partial charge in [0.05, 0.1) is 23.7 Å². The highest BCUT2D eigenvalue weighted by Gasteiger charge is 2.74. The predicted molar refractivity (Wildman–Crippen MR) is 139 cm³/mol. The van der Waals surface area contributed by atoms with E-state index in [1.54, 1.807) is 65.0 Å². The van der Waals surface area contributed by atoms with Gasteiger partial charge in [0.25, 0.3) is 0 Å². The molecule has 9 nitrogen and oxygen atoms in total. The largest absolute Gasteiger partial charge is 0.456 e. The lowest BCUT2D eigenvalue weighted by molar-refractivity contribution is -0.285. The van der Waals surface area contributed by atoms with Crippen LogP contribution in [0.4, 0.5) is 0 Å². The van der Waals surface area contributed by atoms with Gasteiger partial charge in [0.15, 0.2) is 0 Å². The summed E-state index contributed by atoms with van der Waals surface area (Å²) in [4.78, 5) is 54.3. The molecule has 4 rings (SSSR count). The number of Topliss-reactive ketones (excluding diaryl/α,β-unsaturated/α-hetero) is 2. The van der Waals surface area contributed by atoms with Crippen molar-refractivity contribution in [3.8, 4) is 0 Å². The lowest BCUT2D eigenvalue weighted by Crippen LogP contribution is -2.77. The van der Waals surface area contributed by atoms with Crippen LogP contribution in [0.25, 0.3) is 0 Å². The molecule has 3 saturated carbocycles. The average Bonchev–Trinajstić information content (AvgIpc) is 2.88. The van der Waals surface area contributed by atoms with E-state index in [1.807, 2.05) is 0 Å². The van der Waals surface area contributed by atoms with Gasteiger partial charge < -0.3 is 24.8 Å². The third-order valence-electron chi connectivity index (χ3n) is 10.2. The molecule has 9 atom stereocenters. The Morgan fingerprint density at radius 3 is 2.26 bits per heavy atom. The van der Waals surface area contributed by atoms with Gasteiger partial charge in [0.1, 0.15) is 17.3 Å². The van der Waals surface area contributed by atoms with E-state index < -0.39 is 81.6 Å². The molecule has 0 saturated heterocycles. The van der Waals surface area contributed by atoms with Crippen LogP contribution in [0.1, 0.15) is 77.6 Å². The number of ketones is 2. The van der Waals surface area contributed by atoms with Gasteiger partial charge in [-0.2, -0.15) is 0 Å². The molecule has 2 unspecified atom stereocenters. The number of esters is 2. The van der Waals surface area contributed by atoms with E-state index in [0.717, 1.165) is 0 Å². The summed E-state index contributed by atoms with van der Waals surface area (Å²) in [5.41, 5.74) is -6.50. The van der Waals surface area contributed by atoms with E-state index in [-0.39, 0.29) is 31.2 Å². The van der Waals surface area contributed by atoms with Gasteiger partial charge >= 0.3 is 11.9 Å². The van der Waals surface area contributed by atoms with Gasteiger partial charge in [-0.3, -0.25) is 14.4 Å². The molecule has 1 aromatic rings. The summed E-state index contributed by atoms with van der Waals surface area (Å²) in [6.45, 7) is 9.37. The molecular formula is C30H40O9. The molecule has 0 spiro atoms. The molecule has 0 aromatic heterocycles. The van der Waals surface area contributed by atoms with E-state index in [0.29, 0.717) is 0 Å². The van der Waals surface area contributed by atoms with Crippen molar-refractivity contribution < 1.29 is 44.0 Å². The van der Waals surface area contributed by atoms with Crippen molar-refractivity contribution in [1.29, 1.82) is 0 Å². The van der Waals surface area contributed by atoms with E-state index in [2.05, 4.69) is 0 Å². The SMILES string of the molecule is CC[C@]1(OC(C)=O)[C@H](O)CC[C@@]2(C)C(=O)C(=O)C3C(C)[C@@H](O)C[C@@](O)([C@@H](OC(=O)c4ccccc4)[C@H]12)C3(C)C. The Bertz CT molecular complexity index is 1160. The van der Waals surface area contributed by atoms with Crippen molar-refractivity contribution in [3.05, 3.63) is 35.9 Å². The second-order valence-corrected chi connectivity index (χ2v) is 12.5. The molecule has 3 aliphatic rings. The van der Waals surface area contributed by atoms with Gasteiger partial charge in [0, 0.05) is 30.1 Å². The third kappa shape index (κ3) is 4.16. The number of hydrogen-bond acceptors (Lipinski definition) is 9. The highest BCUT2D eigenvalue weighted by Crippen LogP contribution is 2.62. The van der Waals surface area contributed by atoms with E-state index in [9.17, 15) is 34.5 Å². The summed E-state index contributed by atoms with van der Waals surface area (Å²) in [5.74, 6) is -6.00. The molecule has 3 fully saturated rings. The van der Waals surface area contributed by atoms with Gasteiger partial charge in [0.2, 0.25) is 11.6 Å². The van der Waals surface area contributed by atoms with E-state index in [4.69, 9.17) is 9.47 Å². The number of aliphatic hydroxyl groups excluding tert-OH is 2. The smallest absolute Gasteiger partial charge is 0.338 e. The second kappa shape index (κ2) is 9.78. The summed E-state index contributed by atoms with van der Waals surface area (Å²) < 4.78 is 12.0. The van der Waals surface area contributed by atoms with Crippen LogP contribution in [-0.2, 0) is 23.9 Å². The molecular weight excluding hydrogens is 504 g/mol. The number of carbonyl (C=O) groups excluding carboxylic acids is 4. The number of ether oxygens (including phenoxy) is 2. The normalized spacial score (nSPS) is 41.6. The fourth-order valence-electron chi connectivity index (χ4n) is 7.94. The lowest BCUT2D eigenvalue weighted by Gasteiger charge is -2.64. The van der Waals surface area contributed by atoms with Crippen LogP contribution in [0.15, 0.2) is 30.3 Å². The van der Waals surface area contributed by atoms with Gasteiger partial charge in [-0.1, -0.05) is 52.8 Å². The van der Waals surface area contributed by atoms with Crippen LogP contribution in [0.3, 0.4) is 0 Å². The highest BCUT2D eigenvalue weighted by atomic mass is 16.6. The van der Waals surface area contributed by atoms with Crippen LogP contribution in [-0.4, -0.2) is 68.3 Å².